The molecule has 1 rings (SSSR count). The standard InChI is InChI=1S/C12H14Cl2O3/c1-6(2)10(12(16)17)11(15)8-5-7(13)3-4-9(8)14/h3-6,10-11,15H,1-2H3,(H,16,17). The van der Waals surface area contributed by atoms with E-state index >= 15 is 0 Å². The van der Waals surface area contributed by atoms with Crippen molar-refractivity contribution in [3.05, 3.63) is 33.8 Å². The number of rotatable bonds is 4. The number of aliphatic carboxylic acids is 1. The summed E-state index contributed by atoms with van der Waals surface area (Å²) in [4.78, 5) is 11.1. The van der Waals surface area contributed by atoms with Crippen LogP contribution in [-0.4, -0.2) is 16.2 Å². The second kappa shape index (κ2) is 5.71. The minimum atomic E-state index is -1.17. The summed E-state index contributed by atoms with van der Waals surface area (Å²) in [5, 5.41) is 19.9. The maximum Gasteiger partial charge on any atom is 0.309 e. The first-order valence-electron chi connectivity index (χ1n) is 5.20. The summed E-state index contributed by atoms with van der Waals surface area (Å²) in [5.74, 6) is -2.17. The van der Waals surface area contributed by atoms with Crippen LogP contribution in [0.15, 0.2) is 18.2 Å². The Balaban J connectivity index is 3.13. The smallest absolute Gasteiger partial charge is 0.309 e. The van der Waals surface area contributed by atoms with Crippen LogP contribution < -0.4 is 0 Å². The van der Waals surface area contributed by atoms with Crippen LogP contribution in [0.3, 0.4) is 0 Å². The van der Waals surface area contributed by atoms with Gasteiger partial charge in [-0.25, -0.2) is 0 Å². The zero-order chi connectivity index (χ0) is 13.2. The van der Waals surface area contributed by atoms with Crippen molar-refractivity contribution in [1.29, 1.82) is 0 Å². The number of benzene rings is 1. The fraction of sp³-hybridized carbons (Fsp3) is 0.417. The average molecular weight is 277 g/mol. The third-order valence-corrected chi connectivity index (χ3v) is 3.20. The van der Waals surface area contributed by atoms with E-state index in [1.807, 2.05) is 0 Å². The first-order chi connectivity index (χ1) is 7.84. The van der Waals surface area contributed by atoms with Crippen molar-refractivity contribution in [2.75, 3.05) is 0 Å². The number of aliphatic hydroxyl groups is 1. The molecule has 3 nitrogen and oxygen atoms in total. The van der Waals surface area contributed by atoms with Crippen LogP contribution in [-0.2, 0) is 4.79 Å². The minimum Gasteiger partial charge on any atom is -0.481 e. The first-order valence-corrected chi connectivity index (χ1v) is 5.96. The van der Waals surface area contributed by atoms with Gasteiger partial charge >= 0.3 is 5.97 Å². The molecule has 0 saturated carbocycles. The number of carboxylic acids is 1. The van der Waals surface area contributed by atoms with E-state index in [9.17, 15) is 9.90 Å². The molecule has 0 bridgehead atoms. The Morgan fingerprint density at radius 1 is 1.29 bits per heavy atom. The van der Waals surface area contributed by atoms with Gasteiger partial charge in [-0.1, -0.05) is 37.0 Å². The van der Waals surface area contributed by atoms with Crippen molar-refractivity contribution < 1.29 is 15.0 Å². The lowest BCUT2D eigenvalue weighted by molar-refractivity contribution is -0.148. The van der Waals surface area contributed by atoms with Crippen LogP contribution in [0.2, 0.25) is 10.0 Å². The van der Waals surface area contributed by atoms with Gasteiger partial charge in [-0.15, -0.1) is 0 Å². The molecule has 0 heterocycles. The van der Waals surface area contributed by atoms with Gasteiger partial charge in [0.05, 0.1) is 12.0 Å². The molecule has 0 saturated heterocycles. The van der Waals surface area contributed by atoms with E-state index in [0.717, 1.165) is 0 Å². The van der Waals surface area contributed by atoms with Crippen LogP contribution >= 0.6 is 23.2 Å². The lowest BCUT2D eigenvalue weighted by Crippen LogP contribution is -2.27. The molecule has 5 heteroatoms. The summed E-state index contributed by atoms with van der Waals surface area (Å²) in [6.07, 6.45) is -1.17. The highest BCUT2D eigenvalue weighted by Gasteiger charge is 2.31. The van der Waals surface area contributed by atoms with Gasteiger partial charge in [0.25, 0.3) is 0 Å². The van der Waals surface area contributed by atoms with E-state index in [-0.39, 0.29) is 5.92 Å². The molecule has 1 aromatic rings. The molecule has 2 unspecified atom stereocenters. The number of carboxylic acid groups (broad SMARTS) is 1. The van der Waals surface area contributed by atoms with Crippen molar-refractivity contribution in [3.63, 3.8) is 0 Å². The first kappa shape index (κ1) is 14.3. The zero-order valence-electron chi connectivity index (χ0n) is 9.52. The van der Waals surface area contributed by atoms with Crippen molar-refractivity contribution in [2.24, 2.45) is 11.8 Å². The predicted octanol–water partition coefficient (Wildman–Crippen LogP) is 3.38. The van der Waals surface area contributed by atoms with Crippen LogP contribution in [0.25, 0.3) is 0 Å². The molecule has 94 valence electrons. The molecule has 2 N–H and O–H groups in total. The lowest BCUT2D eigenvalue weighted by Gasteiger charge is -2.23. The Bertz CT molecular complexity index is 418. The Morgan fingerprint density at radius 2 is 1.88 bits per heavy atom. The Morgan fingerprint density at radius 3 is 2.35 bits per heavy atom. The van der Waals surface area contributed by atoms with Crippen LogP contribution in [0.4, 0.5) is 0 Å². The SMILES string of the molecule is CC(C)C(C(=O)O)C(O)c1cc(Cl)ccc1Cl. The molecule has 17 heavy (non-hydrogen) atoms. The summed E-state index contributed by atoms with van der Waals surface area (Å²) in [6, 6.07) is 4.62. The summed E-state index contributed by atoms with van der Waals surface area (Å²) in [6.45, 7) is 3.47. The van der Waals surface area contributed by atoms with Gasteiger partial charge in [0.15, 0.2) is 0 Å². The highest BCUT2D eigenvalue weighted by molar-refractivity contribution is 6.33. The van der Waals surface area contributed by atoms with Gasteiger partial charge in [0.1, 0.15) is 0 Å². The second-order valence-corrected chi connectivity index (χ2v) is 5.06. The van der Waals surface area contributed by atoms with Gasteiger partial charge in [-0.05, 0) is 24.1 Å². The Hall–Kier alpha value is -0.770. The topological polar surface area (TPSA) is 57.5 Å². The highest BCUT2D eigenvalue weighted by atomic mass is 35.5. The number of carbonyl (C=O) groups is 1. The molecule has 0 spiro atoms. The van der Waals surface area contributed by atoms with Crippen molar-refractivity contribution in [1.82, 2.24) is 0 Å². The normalized spacial score (nSPS) is 14.7. The maximum absolute atomic E-state index is 11.1. The number of hydrogen-bond acceptors (Lipinski definition) is 2. The van der Waals surface area contributed by atoms with Gasteiger partial charge < -0.3 is 10.2 Å². The molecule has 0 amide bonds. The molecule has 0 radical (unpaired) electrons. The molecule has 0 aliphatic rings. The molecule has 0 fully saturated rings. The summed E-state index contributed by atoms with van der Waals surface area (Å²) >= 11 is 11.7. The third kappa shape index (κ3) is 3.35. The van der Waals surface area contributed by atoms with Gasteiger partial charge in [-0.2, -0.15) is 0 Å². The molecule has 1 aromatic carbocycles. The maximum atomic E-state index is 11.1. The van der Waals surface area contributed by atoms with Gasteiger partial charge in [-0.3, -0.25) is 4.79 Å². The molecule has 0 aliphatic heterocycles. The zero-order valence-corrected chi connectivity index (χ0v) is 11.0. The van der Waals surface area contributed by atoms with Gasteiger partial charge in [0, 0.05) is 15.6 Å². The molecular formula is C12H14Cl2O3. The Kier molecular flexibility index (Phi) is 4.80. The van der Waals surface area contributed by atoms with E-state index in [4.69, 9.17) is 28.3 Å². The van der Waals surface area contributed by atoms with Crippen LogP contribution in [0.5, 0.6) is 0 Å². The third-order valence-electron chi connectivity index (χ3n) is 2.62. The van der Waals surface area contributed by atoms with Crippen molar-refractivity contribution >= 4 is 29.2 Å². The van der Waals surface area contributed by atoms with E-state index in [0.29, 0.717) is 15.6 Å². The van der Waals surface area contributed by atoms with E-state index in [2.05, 4.69) is 0 Å². The number of aliphatic hydroxyl groups excluding tert-OH is 1. The number of hydrogen-bond donors (Lipinski definition) is 2. The van der Waals surface area contributed by atoms with Crippen molar-refractivity contribution in [3.8, 4) is 0 Å². The minimum absolute atomic E-state index is 0.211. The fourth-order valence-electron chi connectivity index (χ4n) is 1.72. The summed E-state index contributed by atoms with van der Waals surface area (Å²) < 4.78 is 0. The van der Waals surface area contributed by atoms with Crippen LogP contribution in [0.1, 0.15) is 25.5 Å². The summed E-state index contributed by atoms with van der Waals surface area (Å²) in [7, 11) is 0. The summed E-state index contributed by atoms with van der Waals surface area (Å²) in [5.41, 5.74) is 0.347. The second-order valence-electron chi connectivity index (χ2n) is 4.22. The quantitative estimate of drug-likeness (QED) is 0.886. The molecule has 2 atom stereocenters. The van der Waals surface area contributed by atoms with E-state index < -0.39 is 18.0 Å². The van der Waals surface area contributed by atoms with Crippen LogP contribution in [0, 0.1) is 11.8 Å². The van der Waals surface area contributed by atoms with E-state index in [1.165, 1.54) is 6.07 Å². The largest absolute Gasteiger partial charge is 0.481 e. The lowest BCUT2D eigenvalue weighted by atomic mass is 9.86. The van der Waals surface area contributed by atoms with E-state index in [1.54, 1.807) is 26.0 Å². The predicted molar refractivity (Wildman–Crippen MR) is 67.4 cm³/mol. The van der Waals surface area contributed by atoms with Gasteiger partial charge in [0.2, 0.25) is 0 Å². The monoisotopic (exact) mass is 276 g/mol. The average Bonchev–Trinajstić information content (AvgIpc) is 2.20. The molecule has 0 aliphatic carbocycles. The Labute approximate surface area is 110 Å². The molecule has 0 aromatic heterocycles. The van der Waals surface area contributed by atoms with Crippen molar-refractivity contribution in [2.45, 2.75) is 20.0 Å². The number of halogens is 2. The molecular weight excluding hydrogens is 263 g/mol. The fourth-order valence-corrected chi connectivity index (χ4v) is 2.13. The highest BCUT2D eigenvalue weighted by Crippen LogP contribution is 2.34.